The molecular formula is C12H23NO4S. The van der Waals surface area contributed by atoms with Crippen LogP contribution in [0.2, 0.25) is 0 Å². The van der Waals surface area contributed by atoms with Gasteiger partial charge in [-0.2, -0.15) is 0 Å². The summed E-state index contributed by atoms with van der Waals surface area (Å²) in [4.78, 5) is 0. The minimum atomic E-state index is -2.76. The second-order valence-electron chi connectivity index (χ2n) is 5.12. The molecule has 6 heteroatoms. The first kappa shape index (κ1) is 14.2. The fraction of sp³-hybridized carbons (Fsp3) is 1.00. The molecule has 5 nitrogen and oxygen atoms in total. The van der Waals surface area contributed by atoms with Gasteiger partial charge < -0.3 is 14.8 Å². The predicted molar refractivity (Wildman–Crippen MR) is 69.5 cm³/mol. The van der Waals surface area contributed by atoms with Crippen LogP contribution in [0.4, 0.5) is 0 Å². The Morgan fingerprint density at radius 1 is 1.33 bits per heavy atom. The lowest BCUT2D eigenvalue weighted by atomic mass is 10.2. The zero-order chi connectivity index (χ0) is 12.8. The van der Waals surface area contributed by atoms with E-state index in [1.165, 1.54) is 0 Å². The van der Waals surface area contributed by atoms with E-state index in [0.717, 1.165) is 38.8 Å². The molecule has 18 heavy (non-hydrogen) atoms. The second kappa shape index (κ2) is 6.84. The summed E-state index contributed by atoms with van der Waals surface area (Å²) in [5.74, 6) is 0.629. The van der Waals surface area contributed by atoms with Gasteiger partial charge in [-0.15, -0.1) is 0 Å². The van der Waals surface area contributed by atoms with E-state index >= 15 is 0 Å². The van der Waals surface area contributed by atoms with E-state index in [1.807, 2.05) is 0 Å². The van der Waals surface area contributed by atoms with Gasteiger partial charge in [0.15, 0.2) is 9.84 Å². The highest BCUT2D eigenvalue weighted by molar-refractivity contribution is 7.91. The van der Waals surface area contributed by atoms with Crippen molar-refractivity contribution in [3.05, 3.63) is 0 Å². The Hall–Kier alpha value is -0.170. The summed E-state index contributed by atoms with van der Waals surface area (Å²) >= 11 is 0. The molecule has 2 atom stereocenters. The van der Waals surface area contributed by atoms with Crippen molar-refractivity contribution in [3.63, 3.8) is 0 Å². The topological polar surface area (TPSA) is 64.6 Å². The number of rotatable bonds is 7. The summed E-state index contributed by atoms with van der Waals surface area (Å²) in [5.41, 5.74) is 0. The van der Waals surface area contributed by atoms with Crippen LogP contribution in [0.1, 0.15) is 25.7 Å². The van der Waals surface area contributed by atoms with Gasteiger partial charge in [-0.25, -0.2) is 8.42 Å². The van der Waals surface area contributed by atoms with E-state index in [4.69, 9.17) is 9.47 Å². The molecule has 2 heterocycles. The Balaban J connectivity index is 1.44. The van der Waals surface area contributed by atoms with Crippen LogP contribution in [0.15, 0.2) is 0 Å². The van der Waals surface area contributed by atoms with E-state index in [9.17, 15) is 8.42 Å². The van der Waals surface area contributed by atoms with Crippen molar-refractivity contribution >= 4 is 9.84 Å². The van der Waals surface area contributed by atoms with Crippen LogP contribution in [0.5, 0.6) is 0 Å². The fourth-order valence-electron chi connectivity index (χ4n) is 2.43. The Morgan fingerprint density at radius 3 is 2.89 bits per heavy atom. The maximum atomic E-state index is 11.2. The Labute approximate surface area is 109 Å². The first-order valence-electron chi connectivity index (χ1n) is 6.79. The van der Waals surface area contributed by atoms with E-state index < -0.39 is 9.84 Å². The van der Waals surface area contributed by atoms with Crippen molar-refractivity contribution in [1.29, 1.82) is 0 Å². The van der Waals surface area contributed by atoms with Crippen LogP contribution < -0.4 is 5.32 Å². The molecule has 1 N–H and O–H groups in total. The first-order valence-corrected chi connectivity index (χ1v) is 8.61. The maximum absolute atomic E-state index is 11.2. The molecule has 0 aromatic rings. The highest BCUT2D eigenvalue weighted by Gasteiger charge is 2.26. The third kappa shape index (κ3) is 4.84. The quantitative estimate of drug-likeness (QED) is 0.680. The third-order valence-corrected chi connectivity index (χ3v) is 5.23. The normalized spacial score (nSPS) is 30.9. The van der Waals surface area contributed by atoms with Crippen molar-refractivity contribution in [2.24, 2.45) is 0 Å². The van der Waals surface area contributed by atoms with Gasteiger partial charge in [-0.1, -0.05) is 0 Å². The SMILES string of the molecule is O=S1(=O)CCC(NCCCOCC2CCCO2)C1. The second-order valence-corrected chi connectivity index (χ2v) is 7.35. The van der Waals surface area contributed by atoms with Crippen molar-refractivity contribution in [3.8, 4) is 0 Å². The van der Waals surface area contributed by atoms with Crippen LogP contribution in [0, 0.1) is 0 Å². The summed E-state index contributed by atoms with van der Waals surface area (Å²) in [6.45, 7) is 3.10. The van der Waals surface area contributed by atoms with Gasteiger partial charge in [-0.05, 0) is 32.2 Å². The van der Waals surface area contributed by atoms with Crippen molar-refractivity contribution < 1.29 is 17.9 Å². The lowest BCUT2D eigenvalue weighted by Crippen LogP contribution is -2.31. The van der Waals surface area contributed by atoms with E-state index in [1.54, 1.807) is 0 Å². The van der Waals surface area contributed by atoms with E-state index in [0.29, 0.717) is 24.7 Å². The van der Waals surface area contributed by atoms with Gasteiger partial charge in [0.05, 0.1) is 24.2 Å². The summed E-state index contributed by atoms with van der Waals surface area (Å²) in [6.07, 6.45) is 4.21. The van der Waals surface area contributed by atoms with Crippen LogP contribution >= 0.6 is 0 Å². The van der Waals surface area contributed by atoms with Gasteiger partial charge in [0.25, 0.3) is 0 Å². The highest BCUT2D eigenvalue weighted by Crippen LogP contribution is 2.12. The Bertz CT molecular complexity index is 338. The number of hydrogen-bond donors (Lipinski definition) is 1. The molecule has 2 aliphatic rings. The first-order chi connectivity index (χ1) is 8.66. The molecule has 2 aliphatic heterocycles. The Kier molecular flexibility index (Phi) is 5.41. The lowest BCUT2D eigenvalue weighted by Gasteiger charge is -2.12. The molecular weight excluding hydrogens is 254 g/mol. The van der Waals surface area contributed by atoms with Crippen molar-refractivity contribution in [2.45, 2.75) is 37.8 Å². The standard InChI is InChI=1S/C12H23NO4S/c14-18(15)8-4-11(10-18)13-5-2-6-16-9-12-3-1-7-17-12/h11-13H,1-10H2. The third-order valence-electron chi connectivity index (χ3n) is 3.46. The summed E-state index contributed by atoms with van der Waals surface area (Å²) in [7, 11) is -2.76. The van der Waals surface area contributed by atoms with Gasteiger partial charge in [0.2, 0.25) is 0 Å². The van der Waals surface area contributed by atoms with Gasteiger partial charge in [-0.3, -0.25) is 0 Å². The lowest BCUT2D eigenvalue weighted by molar-refractivity contribution is 0.0165. The molecule has 0 bridgehead atoms. The summed E-state index contributed by atoms with van der Waals surface area (Å²) in [5, 5.41) is 3.28. The number of hydrogen-bond acceptors (Lipinski definition) is 5. The monoisotopic (exact) mass is 277 g/mol. The minimum Gasteiger partial charge on any atom is -0.379 e. The van der Waals surface area contributed by atoms with Crippen LogP contribution in [0.3, 0.4) is 0 Å². The molecule has 106 valence electrons. The molecule has 0 aromatic carbocycles. The molecule has 0 saturated carbocycles. The average molecular weight is 277 g/mol. The number of sulfone groups is 1. The maximum Gasteiger partial charge on any atom is 0.151 e. The van der Waals surface area contributed by atoms with E-state index in [-0.39, 0.29) is 12.1 Å². The smallest absolute Gasteiger partial charge is 0.151 e. The highest BCUT2D eigenvalue weighted by atomic mass is 32.2. The average Bonchev–Trinajstić information content (AvgIpc) is 2.93. The molecule has 0 spiro atoms. The van der Waals surface area contributed by atoms with Gasteiger partial charge >= 0.3 is 0 Å². The largest absolute Gasteiger partial charge is 0.379 e. The van der Waals surface area contributed by atoms with E-state index in [2.05, 4.69) is 5.32 Å². The molecule has 2 unspecified atom stereocenters. The molecule has 0 amide bonds. The molecule has 0 aliphatic carbocycles. The zero-order valence-corrected chi connectivity index (χ0v) is 11.6. The van der Waals surface area contributed by atoms with Crippen molar-refractivity contribution in [1.82, 2.24) is 5.32 Å². The molecule has 2 rings (SSSR count). The zero-order valence-electron chi connectivity index (χ0n) is 10.8. The number of nitrogens with one attached hydrogen (secondary N) is 1. The van der Waals surface area contributed by atoms with Crippen LogP contribution in [-0.4, -0.2) is 58.4 Å². The molecule has 2 fully saturated rings. The predicted octanol–water partition coefficient (Wildman–Crippen LogP) is 0.349. The van der Waals surface area contributed by atoms with Gasteiger partial charge in [0, 0.05) is 19.3 Å². The van der Waals surface area contributed by atoms with Crippen LogP contribution in [-0.2, 0) is 19.3 Å². The van der Waals surface area contributed by atoms with Gasteiger partial charge in [0.1, 0.15) is 0 Å². The fourth-order valence-corrected chi connectivity index (χ4v) is 4.13. The number of ether oxygens (including phenoxy) is 2. The molecule has 0 aromatic heterocycles. The Morgan fingerprint density at radius 2 is 2.22 bits per heavy atom. The minimum absolute atomic E-state index is 0.146. The molecule has 0 radical (unpaired) electrons. The molecule has 2 saturated heterocycles. The summed E-state index contributed by atoms with van der Waals surface area (Å²) < 4.78 is 33.5. The van der Waals surface area contributed by atoms with Crippen molar-refractivity contribution in [2.75, 3.05) is 37.9 Å². The summed E-state index contributed by atoms with van der Waals surface area (Å²) in [6, 6.07) is 0.146. The van der Waals surface area contributed by atoms with Crippen LogP contribution in [0.25, 0.3) is 0 Å².